The lowest BCUT2D eigenvalue weighted by atomic mass is 10.1. The molecule has 1 fully saturated rings. The number of carbonyl (C=O) groups is 1. The topological polar surface area (TPSA) is 117 Å². The van der Waals surface area contributed by atoms with Crippen LogP contribution < -0.4 is 19.7 Å². The molecular formula is C37H37F3N6O4S3. The predicted octanol–water partition coefficient (Wildman–Crippen LogP) is 7.27. The van der Waals surface area contributed by atoms with Gasteiger partial charge >= 0.3 is 6.18 Å². The summed E-state index contributed by atoms with van der Waals surface area (Å²) in [5.41, 5.74) is 0.545. The summed E-state index contributed by atoms with van der Waals surface area (Å²) in [5.74, 6) is 0.744. The number of ether oxygens (including phenoxy) is 1. The van der Waals surface area contributed by atoms with Gasteiger partial charge in [0.2, 0.25) is 0 Å². The molecule has 0 aliphatic carbocycles. The Hall–Kier alpha value is -4.64. The van der Waals surface area contributed by atoms with E-state index < -0.39 is 32.6 Å². The number of sulfonamides is 1. The van der Waals surface area contributed by atoms with Crippen molar-refractivity contribution in [2.24, 2.45) is 0 Å². The number of carbonyl (C=O) groups excluding carboxylic acids is 1. The molecule has 1 saturated heterocycles. The molecule has 0 bridgehead atoms. The summed E-state index contributed by atoms with van der Waals surface area (Å²) in [4.78, 5) is 18.7. The Kier molecular flexibility index (Phi) is 12.2. The molecule has 10 nitrogen and oxygen atoms in total. The smallest absolute Gasteiger partial charge is 0.418 e. The average Bonchev–Trinajstić information content (AvgIpc) is 3.62. The summed E-state index contributed by atoms with van der Waals surface area (Å²) >= 11 is 3.18. The molecule has 1 aliphatic heterocycles. The Balaban J connectivity index is 1.01. The zero-order valence-corrected chi connectivity index (χ0v) is 31.1. The van der Waals surface area contributed by atoms with Gasteiger partial charge in [-0.05, 0) is 84.1 Å². The Morgan fingerprint density at radius 3 is 2.43 bits per heavy atom. The molecule has 3 aromatic carbocycles. The Morgan fingerprint density at radius 2 is 1.72 bits per heavy atom. The lowest BCUT2D eigenvalue weighted by molar-refractivity contribution is -0.137. The number of hydrogen-bond acceptors (Lipinski definition) is 11. The number of nitrogens with zero attached hydrogens (tertiary/aromatic N) is 4. The SMILES string of the molecule is CCOc1cccc(-c2csc(CN3CCN(c4ccc(C(=O)NS(=O)(=O)c5ccc(NCCSc6ccccc6)c(C(F)(F)F)c5)nn4)CC3)c2)c1. The summed E-state index contributed by atoms with van der Waals surface area (Å²) < 4.78 is 75.4. The number of benzene rings is 3. The third-order valence-corrected chi connectivity index (χ3v) is 11.6. The molecule has 0 radical (unpaired) electrons. The van der Waals surface area contributed by atoms with Crippen molar-refractivity contribution in [2.75, 3.05) is 55.3 Å². The molecule has 1 aliphatic rings. The van der Waals surface area contributed by atoms with Crippen molar-refractivity contribution >= 4 is 50.5 Å². The second-order valence-corrected chi connectivity index (χ2v) is 15.9. The summed E-state index contributed by atoms with van der Waals surface area (Å²) in [7, 11) is -4.67. The van der Waals surface area contributed by atoms with E-state index in [1.54, 1.807) is 17.4 Å². The molecule has 0 unspecified atom stereocenters. The number of alkyl halides is 3. The van der Waals surface area contributed by atoms with Gasteiger partial charge in [0.05, 0.1) is 17.1 Å². The Bertz CT molecular complexity index is 2110. The minimum absolute atomic E-state index is 0.206. The minimum atomic E-state index is -4.85. The van der Waals surface area contributed by atoms with Crippen LogP contribution in [0.2, 0.25) is 0 Å². The number of halogens is 3. The lowest BCUT2D eigenvalue weighted by Gasteiger charge is -2.34. The van der Waals surface area contributed by atoms with E-state index >= 15 is 0 Å². The number of thiophene rings is 1. The number of thioether (sulfide) groups is 1. The highest BCUT2D eigenvalue weighted by molar-refractivity contribution is 7.99. The summed E-state index contributed by atoms with van der Waals surface area (Å²) in [6, 6.07) is 25.1. The van der Waals surface area contributed by atoms with Gasteiger partial charge in [0, 0.05) is 60.5 Å². The number of hydrogen-bond donors (Lipinski definition) is 2. The largest absolute Gasteiger partial charge is 0.494 e. The molecule has 1 amide bonds. The summed E-state index contributed by atoms with van der Waals surface area (Å²) in [6.07, 6.45) is -4.85. The first kappa shape index (κ1) is 38.1. The highest BCUT2D eigenvalue weighted by atomic mass is 32.2. The molecular weight excluding hydrogens is 746 g/mol. The van der Waals surface area contributed by atoms with Crippen molar-refractivity contribution in [1.82, 2.24) is 19.8 Å². The van der Waals surface area contributed by atoms with Crippen molar-refractivity contribution in [3.05, 3.63) is 113 Å². The van der Waals surface area contributed by atoms with Gasteiger partial charge in [-0.2, -0.15) is 13.2 Å². The van der Waals surface area contributed by atoms with Gasteiger partial charge in [-0.1, -0.05) is 30.3 Å². The Morgan fingerprint density at radius 1 is 0.925 bits per heavy atom. The third kappa shape index (κ3) is 10.1. The third-order valence-electron chi connectivity index (χ3n) is 8.35. The van der Waals surface area contributed by atoms with Gasteiger partial charge in [0.1, 0.15) is 5.75 Å². The average molecular weight is 783 g/mol. The van der Waals surface area contributed by atoms with E-state index in [1.165, 1.54) is 22.7 Å². The highest BCUT2D eigenvalue weighted by Gasteiger charge is 2.35. The molecule has 2 N–H and O–H groups in total. The first-order valence-electron chi connectivity index (χ1n) is 16.8. The monoisotopic (exact) mass is 782 g/mol. The lowest BCUT2D eigenvalue weighted by Crippen LogP contribution is -2.46. The van der Waals surface area contributed by atoms with Crippen molar-refractivity contribution in [1.29, 1.82) is 0 Å². The van der Waals surface area contributed by atoms with E-state index in [9.17, 15) is 26.4 Å². The normalized spacial score (nSPS) is 13.8. The van der Waals surface area contributed by atoms with E-state index in [1.807, 2.05) is 65.1 Å². The number of amides is 1. The fourth-order valence-electron chi connectivity index (χ4n) is 5.70. The van der Waals surface area contributed by atoms with E-state index in [-0.39, 0.29) is 17.9 Å². The first-order chi connectivity index (χ1) is 25.5. The van der Waals surface area contributed by atoms with Crippen molar-refractivity contribution in [3.8, 4) is 16.9 Å². The maximum absolute atomic E-state index is 14.0. The Labute approximate surface area is 314 Å². The zero-order valence-electron chi connectivity index (χ0n) is 28.7. The van der Waals surface area contributed by atoms with E-state index in [0.29, 0.717) is 37.3 Å². The van der Waals surface area contributed by atoms with Crippen LogP contribution >= 0.6 is 23.1 Å². The number of piperazine rings is 1. The molecule has 2 aromatic heterocycles. The van der Waals surface area contributed by atoms with E-state index in [0.717, 1.165) is 53.5 Å². The number of anilines is 2. The number of aromatic nitrogens is 2. The zero-order chi connectivity index (χ0) is 37.4. The summed E-state index contributed by atoms with van der Waals surface area (Å²) in [5, 5.41) is 13.0. The van der Waals surface area contributed by atoms with Gasteiger partial charge in [-0.25, -0.2) is 13.1 Å². The van der Waals surface area contributed by atoms with Crippen LogP contribution in [0.5, 0.6) is 5.75 Å². The molecule has 5 aromatic rings. The quantitative estimate of drug-likeness (QED) is 0.0881. The minimum Gasteiger partial charge on any atom is -0.494 e. The molecule has 16 heteroatoms. The van der Waals surface area contributed by atoms with Gasteiger partial charge in [-0.15, -0.1) is 33.3 Å². The summed E-state index contributed by atoms with van der Waals surface area (Å²) in [6.45, 7) is 6.47. The molecule has 53 heavy (non-hydrogen) atoms. The molecule has 278 valence electrons. The maximum Gasteiger partial charge on any atom is 0.418 e. The molecule has 6 rings (SSSR count). The second kappa shape index (κ2) is 17.0. The van der Waals surface area contributed by atoms with Crippen molar-refractivity contribution in [2.45, 2.75) is 29.4 Å². The van der Waals surface area contributed by atoms with Crippen LogP contribution in [0.4, 0.5) is 24.7 Å². The van der Waals surface area contributed by atoms with Gasteiger partial charge in [-0.3, -0.25) is 9.69 Å². The molecule has 0 spiro atoms. The predicted molar refractivity (Wildman–Crippen MR) is 202 cm³/mol. The van der Waals surface area contributed by atoms with Crippen molar-refractivity contribution < 1.29 is 31.1 Å². The molecule has 3 heterocycles. The van der Waals surface area contributed by atoms with E-state index in [2.05, 4.69) is 37.9 Å². The number of nitrogens with one attached hydrogen (secondary N) is 2. The van der Waals surface area contributed by atoms with Gasteiger partial charge in [0.25, 0.3) is 15.9 Å². The first-order valence-corrected chi connectivity index (χ1v) is 20.1. The highest BCUT2D eigenvalue weighted by Crippen LogP contribution is 2.36. The van der Waals surface area contributed by atoms with Gasteiger partial charge < -0.3 is 15.0 Å². The van der Waals surface area contributed by atoms with Crippen LogP contribution in [0, 0.1) is 0 Å². The van der Waals surface area contributed by atoms with Crippen LogP contribution in [0.25, 0.3) is 11.1 Å². The fourth-order valence-corrected chi connectivity index (χ4v) is 8.41. The van der Waals surface area contributed by atoms with Crippen LogP contribution in [-0.4, -0.2) is 74.5 Å². The molecule has 0 saturated carbocycles. The van der Waals surface area contributed by atoms with Crippen LogP contribution in [0.1, 0.15) is 27.9 Å². The van der Waals surface area contributed by atoms with Gasteiger partial charge in [0.15, 0.2) is 11.5 Å². The van der Waals surface area contributed by atoms with Crippen LogP contribution in [0.15, 0.2) is 106 Å². The number of rotatable bonds is 14. The standard InChI is InChI=1S/C37H37F3N6O4S3/c1-2-50-28-8-6-7-26(21-28)27-22-30(52-25-27)24-45-16-18-46(19-17-45)35-14-13-34(42-43-35)36(47)44-53(48,49)31-11-12-33(32(23-31)37(38,39)40)41-15-20-51-29-9-4-3-5-10-29/h3-14,21-23,25,41H,2,15-20,24H2,1H3,(H,44,47). The molecule has 0 atom stereocenters. The van der Waals surface area contributed by atoms with Crippen molar-refractivity contribution in [3.63, 3.8) is 0 Å². The second-order valence-electron chi connectivity index (χ2n) is 12.0. The maximum atomic E-state index is 14.0. The van der Waals surface area contributed by atoms with Crippen LogP contribution in [0.3, 0.4) is 0 Å². The van der Waals surface area contributed by atoms with Crippen LogP contribution in [-0.2, 0) is 22.7 Å². The fraction of sp³-hybridized carbons (Fsp3) is 0.270. The van der Waals surface area contributed by atoms with E-state index in [4.69, 9.17) is 4.74 Å².